The molecule has 68 heavy (non-hydrogen) atoms. The second-order valence-electron chi connectivity index (χ2n) is 14.2. The Hall–Kier alpha value is -6.14. The highest BCUT2D eigenvalue weighted by atomic mass is 127. The van der Waals surface area contributed by atoms with E-state index in [-0.39, 0.29) is 57.6 Å². The van der Waals surface area contributed by atoms with Crippen LogP contribution < -0.4 is 35.7 Å². The number of nitrogens with two attached hydrogens (primary N) is 1. The number of carbonyl (C=O) groups excluding carboxylic acids is 4. The minimum Gasteiger partial charge on any atom is -0.426 e. The van der Waals surface area contributed by atoms with Crippen LogP contribution in [0.5, 0.6) is 5.75 Å². The Balaban J connectivity index is 0.000000428. The lowest BCUT2D eigenvalue weighted by molar-refractivity contribution is -0.138. The van der Waals surface area contributed by atoms with Gasteiger partial charge < -0.3 is 19.7 Å². The molecule has 15 nitrogen and oxygen atoms in total. The number of benzene rings is 4. The Morgan fingerprint density at radius 2 is 1.13 bits per heavy atom. The summed E-state index contributed by atoms with van der Waals surface area (Å²) in [4.78, 5) is 52.9. The van der Waals surface area contributed by atoms with Crippen molar-refractivity contribution in [3.8, 4) is 17.9 Å². The van der Waals surface area contributed by atoms with Gasteiger partial charge >= 0.3 is 12.4 Å². The molecular weight excluding hydrogens is 1090 g/mol. The number of halogens is 10. The van der Waals surface area contributed by atoms with Gasteiger partial charge in [-0.1, -0.05) is 22.6 Å². The topological polar surface area (TPSA) is 217 Å². The van der Waals surface area contributed by atoms with Gasteiger partial charge in [-0.15, -0.1) is 12.4 Å². The Kier molecular flexibility index (Phi) is 18.8. The third kappa shape index (κ3) is 11.4. The van der Waals surface area contributed by atoms with Gasteiger partial charge in [-0.25, -0.2) is 20.2 Å². The maximum absolute atomic E-state index is 14.4. The SMILES string of the molecule is CC1(C)C(=O)N(c2ccc(C#N)c(C(F)(F)F)c2)C(=S)N1c1ccc(C(=O)NO)c(F)c1.CC1(C)C(=O)N(c2ccc(C#N)c(C(F)(F)F)c2)C(=S)N1c1ccc(OC=O)c(F)c1.Cl.NO.[2H]CI. The van der Waals surface area contributed by atoms with Gasteiger partial charge in [0.2, 0.25) is 0 Å². The zero-order chi connectivity index (χ0) is 51.9. The molecule has 2 heterocycles. The Labute approximate surface area is 413 Å². The van der Waals surface area contributed by atoms with E-state index in [1.165, 1.54) is 73.3 Å². The summed E-state index contributed by atoms with van der Waals surface area (Å²) in [6.45, 7) is 5.90. The summed E-state index contributed by atoms with van der Waals surface area (Å²) in [5.41, 5.74) is -5.81. The lowest BCUT2D eigenvalue weighted by atomic mass is 10.0. The summed E-state index contributed by atoms with van der Waals surface area (Å²) in [6.07, 6.45) is -9.66. The van der Waals surface area contributed by atoms with Crippen LogP contribution >= 0.6 is 59.4 Å². The van der Waals surface area contributed by atoms with E-state index in [9.17, 15) is 54.3 Å². The zero-order valence-electron chi connectivity index (χ0n) is 36.0. The first-order valence-corrected chi connectivity index (χ1v) is 20.4. The first-order chi connectivity index (χ1) is 31.7. The molecule has 0 atom stereocenters. The molecule has 5 N–H and O–H groups in total. The number of rotatable bonds is 7. The molecule has 27 heteroatoms. The minimum atomic E-state index is -4.84. The molecule has 2 saturated heterocycles. The van der Waals surface area contributed by atoms with Crippen LogP contribution in [0.4, 0.5) is 57.9 Å². The number of nitrogens with zero attached hydrogens (tertiary/aromatic N) is 6. The Morgan fingerprint density at radius 1 is 0.765 bits per heavy atom. The van der Waals surface area contributed by atoms with Gasteiger partial charge in [-0.05, 0) is 124 Å². The van der Waals surface area contributed by atoms with E-state index in [2.05, 4.69) is 10.6 Å². The number of nitriles is 2. The highest BCUT2D eigenvalue weighted by molar-refractivity contribution is 14.1. The summed E-state index contributed by atoms with van der Waals surface area (Å²) < 4.78 is 120. The molecule has 0 unspecified atom stereocenters. The number of alkyl halides is 7. The summed E-state index contributed by atoms with van der Waals surface area (Å²) in [5, 5.41) is 32.7. The van der Waals surface area contributed by atoms with Crippen molar-refractivity contribution in [3.05, 3.63) is 112 Å². The van der Waals surface area contributed by atoms with Crippen LogP contribution in [0.1, 0.15) is 61.7 Å². The van der Waals surface area contributed by atoms with Gasteiger partial charge in [0.05, 0.1) is 51.3 Å². The molecule has 0 aromatic heterocycles. The van der Waals surface area contributed by atoms with Crippen LogP contribution in [0.3, 0.4) is 0 Å². The number of amides is 3. The van der Waals surface area contributed by atoms with Crippen molar-refractivity contribution in [3.63, 3.8) is 0 Å². The standard InChI is InChI=1S/C20H14F4N4O3S.C20H13F4N3O3S.CH3I.ClH.H3NO/c1-19(2)17(30)27(11-4-3-10(9-25)14(7-11)20(22,23)24)18(32)28(19)12-5-6-13(15(21)8-12)16(29)26-31;1-19(2)17(29)26(12-4-3-11(9-25)14(7-12)20(22,23)24)18(31)27(19)13-5-6-16(30-10-28)15(21)8-13;1-2;;1-2/h3-8,31H,1-2H3,(H,26,29);3-8,10H,1-2H3;1H3;1H;2H,1H2/i;;1D;;. The smallest absolute Gasteiger partial charge is 0.417 e. The first kappa shape index (κ1) is 56.2. The summed E-state index contributed by atoms with van der Waals surface area (Å²) in [5.74, 6) is -1.18. The van der Waals surface area contributed by atoms with E-state index in [1.807, 2.05) is 22.6 Å². The fraction of sp³-hybridized carbons (Fsp3) is 0.220. The van der Waals surface area contributed by atoms with Crippen molar-refractivity contribution in [2.75, 3.05) is 24.5 Å². The first-order valence-electron chi connectivity index (χ1n) is 18.7. The normalized spacial score (nSPS) is 14.9. The summed E-state index contributed by atoms with van der Waals surface area (Å²) in [6, 6.07) is 15.2. The molecule has 4 aromatic carbocycles. The van der Waals surface area contributed by atoms with Crippen LogP contribution in [-0.4, -0.2) is 60.8 Å². The maximum Gasteiger partial charge on any atom is 0.417 e. The van der Waals surface area contributed by atoms with Gasteiger partial charge in [0.25, 0.3) is 24.2 Å². The average Bonchev–Trinajstić information content (AvgIpc) is 3.57. The number of hydroxylamine groups is 1. The second kappa shape index (κ2) is 22.8. The Bertz CT molecular complexity index is 2740. The van der Waals surface area contributed by atoms with E-state index in [1.54, 1.807) is 0 Å². The third-order valence-corrected chi connectivity index (χ3v) is 10.3. The summed E-state index contributed by atoms with van der Waals surface area (Å²) >= 11 is 12.7. The van der Waals surface area contributed by atoms with E-state index >= 15 is 0 Å². The van der Waals surface area contributed by atoms with Crippen molar-refractivity contribution in [2.45, 2.75) is 51.1 Å². The van der Waals surface area contributed by atoms with Crippen LogP contribution in [0.2, 0.25) is 0 Å². The molecule has 2 fully saturated rings. The fourth-order valence-electron chi connectivity index (χ4n) is 6.58. The lowest BCUT2D eigenvalue weighted by Crippen LogP contribution is -2.44. The number of anilines is 4. The van der Waals surface area contributed by atoms with Gasteiger partial charge in [-0.2, -0.15) is 36.9 Å². The van der Waals surface area contributed by atoms with Crippen LogP contribution in [0, 0.1) is 34.3 Å². The number of nitrogens with one attached hydrogen (secondary N) is 1. The average molecular weight is 1130 g/mol. The van der Waals surface area contributed by atoms with Crippen molar-refractivity contribution in [2.24, 2.45) is 5.90 Å². The number of hydrogen-bond donors (Lipinski definition) is 4. The van der Waals surface area contributed by atoms with Crippen molar-refractivity contribution < 1.29 is 70.8 Å². The molecular formula is C41H34ClF8IN8O7S2. The van der Waals surface area contributed by atoms with E-state index in [4.69, 9.17) is 46.7 Å². The predicted molar refractivity (Wildman–Crippen MR) is 248 cm³/mol. The van der Waals surface area contributed by atoms with Crippen molar-refractivity contribution >= 4 is 117 Å². The van der Waals surface area contributed by atoms with E-state index in [0.717, 1.165) is 52.3 Å². The Morgan fingerprint density at radius 3 is 1.46 bits per heavy atom. The largest absolute Gasteiger partial charge is 0.426 e. The molecule has 6 rings (SSSR count). The molecule has 0 aliphatic carbocycles. The van der Waals surface area contributed by atoms with Gasteiger partial charge in [0.1, 0.15) is 16.9 Å². The molecule has 2 aliphatic rings. The van der Waals surface area contributed by atoms with Crippen molar-refractivity contribution in [1.29, 1.82) is 10.5 Å². The van der Waals surface area contributed by atoms with Gasteiger partial charge in [0, 0.05) is 18.8 Å². The highest BCUT2D eigenvalue weighted by Gasteiger charge is 2.52. The van der Waals surface area contributed by atoms with Crippen LogP contribution in [0.15, 0.2) is 72.8 Å². The maximum atomic E-state index is 14.4. The van der Waals surface area contributed by atoms with Crippen LogP contribution in [0.25, 0.3) is 0 Å². The summed E-state index contributed by atoms with van der Waals surface area (Å²) in [7, 11) is 0. The quantitative estimate of drug-likeness (QED) is 0.0259. The molecule has 0 radical (unpaired) electrons. The highest BCUT2D eigenvalue weighted by Crippen LogP contribution is 2.42. The minimum absolute atomic E-state index is 0. The fourth-order valence-corrected chi connectivity index (χ4v) is 7.63. The second-order valence-corrected chi connectivity index (χ2v) is 15.0. The lowest BCUT2D eigenvalue weighted by Gasteiger charge is -2.29. The molecule has 3 amide bonds. The van der Waals surface area contributed by atoms with E-state index < -0.39 is 80.6 Å². The number of carbonyl (C=O) groups is 4. The van der Waals surface area contributed by atoms with Crippen LogP contribution in [-0.2, 0) is 26.7 Å². The van der Waals surface area contributed by atoms with E-state index in [0.29, 0.717) is 17.0 Å². The third-order valence-electron chi connectivity index (χ3n) is 9.62. The van der Waals surface area contributed by atoms with Gasteiger partial charge in [0.15, 0.2) is 21.8 Å². The number of hydrogen-bond acceptors (Lipinski definition) is 12. The molecule has 2 aliphatic heterocycles. The molecule has 0 saturated carbocycles. The number of thiocarbonyl (C=S) groups is 2. The van der Waals surface area contributed by atoms with Gasteiger partial charge in [-0.3, -0.25) is 34.2 Å². The molecule has 0 bridgehead atoms. The zero-order valence-corrected chi connectivity index (χ0v) is 39.6. The molecule has 362 valence electrons. The number of ether oxygens (including phenoxy) is 1. The monoisotopic (exact) mass is 1130 g/mol. The predicted octanol–water partition coefficient (Wildman–Crippen LogP) is 8.73. The molecule has 0 spiro atoms. The van der Waals surface area contributed by atoms with Crippen molar-refractivity contribution in [1.82, 2.24) is 5.48 Å². The molecule has 4 aromatic rings.